The van der Waals surface area contributed by atoms with Crippen LogP contribution in [0.15, 0.2) is 30.5 Å². The third-order valence-electron chi connectivity index (χ3n) is 6.05. The number of piperazine rings is 1. The number of halogens is 3. The highest BCUT2D eigenvalue weighted by Crippen LogP contribution is 2.36. The second-order valence-electron chi connectivity index (χ2n) is 10.1. The van der Waals surface area contributed by atoms with Gasteiger partial charge in [-0.1, -0.05) is 6.08 Å². The monoisotopic (exact) mass is 483 g/mol. The molecule has 0 saturated carbocycles. The summed E-state index contributed by atoms with van der Waals surface area (Å²) in [6, 6.07) is 3.96. The van der Waals surface area contributed by atoms with Crippen LogP contribution in [0.3, 0.4) is 0 Å². The third kappa shape index (κ3) is 6.43. The van der Waals surface area contributed by atoms with Gasteiger partial charge in [0.2, 0.25) is 0 Å². The number of benzene rings is 1. The Labute approximate surface area is 197 Å². The van der Waals surface area contributed by atoms with Crippen LogP contribution in [0.4, 0.5) is 23.7 Å². The molecule has 0 radical (unpaired) electrons. The van der Waals surface area contributed by atoms with Crippen molar-refractivity contribution in [2.75, 3.05) is 37.6 Å². The summed E-state index contributed by atoms with van der Waals surface area (Å²) in [6.07, 6.45) is -1.53. The molecule has 1 aromatic carbocycles. The second-order valence-corrected chi connectivity index (χ2v) is 10.1. The quantitative estimate of drug-likeness (QED) is 0.676. The lowest BCUT2D eigenvalue weighted by molar-refractivity contribution is -0.145. The zero-order valence-electron chi connectivity index (χ0n) is 20.0. The van der Waals surface area contributed by atoms with Gasteiger partial charge in [0.05, 0.1) is 11.0 Å². The highest BCUT2D eigenvalue weighted by Gasteiger charge is 2.35. The molecule has 0 bridgehead atoms. The van der Waals surface area contributed by atoms with Crippen LogP contribution in [0.1, 0.15) is 45.2 Å². The van der Waals surface area contributed by atoms with Crippen molar-refractivity contribution in [3.05, 3.63) is 41.6 Å². The lowest BCUT2D eigenvalue weighted by Crippen LogP contribution is -2.49. The molecule has 1 unspecified atom stereocenters. The Morgan fingerprint density at radius 3 is 2.21 bits per heavy atom. The minimum atomic E-state index is -4.50. The van der Waals surface area contributed by atoms with Gasteiger partial charge in [-0.2, -0.15) is 13.2 Å². The van der Waals surface area contributed by atoms with Crippen molar-refractivity contribution in [2.24, 2.45) is 5.41 Å². The number of carbonyl (C=O) groups is 2. The zero-order valence-corrected chi connectivity index (χ0v) is 20.0. The van der Waals surface area contributed by atoms with Crippen molar-refractivity contribution in [2.45, 2.75) is 52.4 Å². The molecule has 2 aliphatic rings. The van der Waals surface area contributed by atoms with E-state index in [-0.39, 0.29) is 6.42 Å². The smallest absolute Gasteiger partial charge is 0.416 e. The number of rotatable bonds is 4. The largest absolute Gasteiger partial charge is 0.481 e. The minimum Gasteiger partial charge on any atom is -0.481 e. The van der Waals surface area contributed by atoms with Gasteiger partial charge >= 0.3 is 18.2 Å². The Morgan fingerprint density at radius 1 is 1.06 bits per heavy atom. The van der Waals surface area contributed by atoms with E-state index in [1.165, 1.54) is 6.08 Å². The van der Waals surface area contributed by atoms with Gasteiger partial charge in [0.15, 0.2) is 0 Å². The number of amides is 1. The number of alkyl halides is 3. The topological polar surface area (TPSA) is 73.3 Å². The lowest BCUT2D eigenvalue weighted by Gasteiger charge is -2.36. The molecule has 188 valence electrons. The number of carboxylic acids is 1. The molecule has 2 aliphatic heterocycles. The fourth-order valence-electron chi connectivity index (χ4n) is 3.93. The summed E-state index contributed by atoms with van der Waals surface area (Å²) in [6.45, 7) is 9.50. The molecule has 1 saturated heterocycles. The number of carboxylic acid groups (broad SMARTS) is 1. The van der Waals surface area contributed by atoms with E-state index in [0.29, 0.717) is 50.5 Å². The number of anilines is 1. The van der Waals surface area contributed by atoms with E-state index < -0.39 is 34.8 Å². The lowest BCUT2D eigenvalue weighted by atomic mass is 9.84. The molecule has 1 N–H and O–H groups in total. The predicted molar refractivity (Wildman–Crippen MR) is 121 cm³/mol. The van der Waals surface area contributed by atoms with Crippen LogP contribution in [-0.2, 0) is 22.3 Å². The summed E-state index contributed by atoms with van der Waals surface area (Å²) in [5.41, 5.74) is -1.48. The van der Waals surface area contributed by atoms with Crippen LogP contribution in [-0.4, -0.2) is 65.3 Å². The Kier molecular flexibility index (Phi) is 7.21. The predicted octanol–water partition coefficient (Wildman–Crippen LogP) is 4.57. The van der Waals surface area contributed by atoms with Gasteiger partial charge < -0.3 is 19.6 Å². The zero-order chi connectivity index (χ0) is 25.3. The van der Waals surface area contributed by atoms with Gasteiger partial charge in [-0.05, 0) is 57.9 Å². The average Bonchev–Trinajstić information content (AvgIpc) is 2.72. The van der Waals surface area contributed by atoms with Crippen molar-refractivity contribution in [1.82, 2.24) is 9.80 Å². The molecule has 10 heteroatoms. The van der Waals surface area contributed by atoms with Crippen molar-refractivity contribution >= 4 is 17.7 Å². The van der Waals surface area contributed by atoms with E-state index in [1.54, 1.807) is 49.8 Å². The average molecular weight is 484 g/mol. The van der Waals surface area contributed by atoms with Crippen LogP contribution in [0.25, 0.3) is 0 Å². The highest BCUT2D eigenvalue weighted by molar-refractivity contribution is 5.77. The number of hydrogen-bond acceptors (Lipinski definition) is 5. The van der Waals surface area contributed by atoms with Crippen LogP contribution < -0.4 is 4.90 Å². The molecule has 0 spiro atoms. The van der Waals surface area contributed by atoms with E-state index in [2.05, 4.69) is 0 Å². The van der Waals surface area contributed by atoms with Gasteiger partial charge in [0, 0.05) is 51.2 Å². The molecule has 0 aromatic heterocycles. The van der Waals surface area contributed by atoms with Crippen molar-refractivity contribution < 1.29 is 32.6 Å². The van der Waals surface area contributed by atoms with Crippen LogP contribution in [0, 0.1) is 5.41 Å². The molecule has 1 fully saturated rings. The molecular weight excluding hydrogens is 451 g/mol. The number of aliphatic carboxylic acids is 1. The molecule has 7 nitrogen and oxygen atoms in total. The number of ether oxygens (including phenoxy) is 1. The number of hydrogen-bond donors (Lipinski definition) is 1. The first-order chi connectivity index (χ1) is 15.7. The fourth-order valence-corrected chi connectivity index (χ4v) is 3.93. The van der Waals surface area contributed by atoms with Crippen LogP contribution in [0.5, 0.6) is 0 Å². The first kappa shape index (κ1) is 25.9. The molecule has 1 amide bonds. The standard InChI is InChI=1S/C24H32F3N3O4/c1-22(2,3)34-21(33)30-11-9-28(10-12-30)16-17-13-18(24(25,26)27)15-19(14-17)29-7-5-23(4,6-8-29)20(31)32/h5,7,13-15H,6,8-12,16H2,1-4H3,(H,31,32). The van der Waals surface area contributed by atoms with Gasteiger partial charge in [-0.25, -0.2) is 4.79 Å². The van der Waals surface area contributed by atoms with E-state index in [4.69, 9.17) is 4.74 Å². The summed E-state index contributed by atoms with van der Waals surface area (Å²) >= 11 is 0. The van der Waals surface area contributed by atoms with Crippen molar-refractivity contribution in [3.63, 3.8) is 0 Å². The Hall–Kier alpha value is -2.75. The summed E-state index contributed by atoms with van der Waals surface area (Å²) in [5.74, 6) is -0.960. The molecular formula is C24H32F3N3O4. The van der Waals surface area contributed by atoms with Gasteiger partial charge in [0.1, 0.15) is 5.60 Å². The van der Waals surface area contributed by atoms with Gasteiger partial charge in [-0.15, -0.1) is 0 Å². The first-order valence-corrected chi connectivity index (χ1v) is 11.3. The number of nitrogens with zero attached hydrogens (tertiary/aromatic N) is 3. The Bertz CT molecular complexity index is 950. The molecule has 34 heavy (non-hydrogen) atoms. The summed E-state index contributed by atoms with van der Waals surface area (Å²) < 4.78 is 46.2. The summed E-state index contributed by atoms with van der Waals surface area (Å²) in [7, 11) is 0. The first-order valence-electron chi connectivity index (χ1n) is 11.3. The van der Waals surface area contributed by atoms with E-state index >= 15 is 0 Å². The molecule has 3 rings (SSSR count). The van der Waals surface area contributed by atoms with Gasteiger partial charge in [-0.3, -0.25) is 9.69 Å². The van der Waals surface area contributed by atoms with Crippen molar-refractivity contribution in [3.8, 4) is 0 Å². The Balaban J connectivity index is 1.73. The maximum atomic E-state index is 13.6. The van der Waals surface area contributed by atoms with E-state index in [0.717, 1.165) is 12.1 Å². The molecule has 1 atom stereocenters. The minimum absolute atomic E-state index is 0.289. The molecule has 1 aromatic rings. The summed E-state index contributed by atoms with van der Waals surface area (Å²) in [4.78, 5) is 29.0. The van der Waals surface area contributed by atoms with Crippen molar-refractivity contribution in [1.29, 1.82) is 0 Å². The van der Waals surface area contributed by atoms with Crippen LogP contribution >= 0.6 is 0 Å². The van der Waals surface area contributed by atoms with E-state index in [1.807, 2.05) is 4.90 Å². The van der Waals surface area contributed by atoms with Gasteiger partial charge in [0.25, 0.3) is 0 Å². The summed E-state index contributed by atoms with van der Waals surface area (Å²) in [5, 5.41) is 9.38. The van der Waals surface area contributed by atoms with E-state index in [9.17, 15) is 27.9 Å². The fraction of sp³-hybridized carbons (Fsp3) is 0.583. The second kappa shape index (κ2) is 9.48. The Morgan fingerprint density at radius 2 is 1.71 bits per heavy atom. The normalized spacial score (nSPS) is 22.1. The highest BCUT2D eigenvalue weighted by atomic mass is 19.4. The SMILES string of the molecule is CC(C)(C)OC(=O)N1CCN(Cc2cc(N3C=CC(C)(C(=O)O)CC3)cc(C(F)(F)F)c2)CC1. The number of carbonyl (C=O) groups excluding carboxylic acids is 1. The molecule has 2 heterocycles. The maximum absolute atomic E-state index is 13.6. The third-order valence-corrected chi connectivity index (χ3v) is 6.05. The molecule has 0 aliphatic carbocycles. The van der Waals surface area contributed by atoms with Crippen LogP contribution in [0.2, 0.25) is 0 Å². The maximum Gasteiger partial charge on any atom is 0.416 e.